The van der Waals surface area contributed by atoms with E-state index in [0.717, 1.165) is 26.1 Å². The number of benzene rings is 1. The van der Waals surface area contributed by atoms with Gasteiger partial charge in [0.1, 0.15) is 0 Å². The molecule has 100 valence electrons. The van der Waals surface area contributed by atoms with Crippen LogP contribution in [-0.2, 0) is 6.54 Å². The molecule has 0 aromatic heterocycles. The SMILES string of the molecule is CN(C)CCCN(C)Cc1ccc(B(O)O)cc1. The van der Waals surface area contributed by atoms with Gasteiger partial charge in [-0.1, -0.05) is 24.3 Å². The molecule has 0 aliphatic heterocycles. The van der Waals surface area contributed by atoms with Crippen LogP contribution in [0.3, 0.4) is 0 Å². The summed E-state index contributed by atoms with van der Waals surface area (Å²) in [5.41, 5.74) is 1.72. The van der Waals surface area contributed by atoms with Gasteiger partial charge in [-0.15, -0.1) is 0 Å². The second kappa shape index (κ2) is 7.54. The molecule has 1 aromatic carbocycles. The Morgan fingerprint density at radius 3 is 2.11 bits per heavy atom. The van der Waals surface area contributed by atoms with Crippen molar-refractivity contribution in [3.05, 3.63) is 29.8 Å². The van der Waals surface area contributed by atoms with E-state index in [9.17, 15) is 0 Å². The maximum absolute atomic E-state index is 9.01. The Bertz CT molecular complexity index is 341. The average Bonchev–Trinajstić information content (AvgIpc) is 2.29. The van der Waals surface area contributed by atoms with Gasteiger partial charge in [-0.25, -0.2) is 0 Å². The highest BCUT2D eigenvalue weighted by Crippen LogP contribution is 2.02. The summed E-state index contributed by atoms with van der Waals surface area (Å²) < 4.78 is 0. The lowest BCUT2D eigenvalue weighted by atomic mass is 9.80. The van der Waals surface area contributed by atoms with Crippen LogP contribution in [0.5, 0.6) is 0 Å². The van der Waals surface area contributed by atoms with Gasteiger partial charge in [-0.2, -0.15) is 0 Å². The fraction of sp³-hybridized carbons (Fsp3) is 0.538. The van der Waals surface area contributed by atoms with Crippen LogP contribution in [0.2, 0.25) is 0 Å². The Labute approximate surface area is 110 Å². The molecule has 0 saturated heterocycles. The number of hydrogen-bond acceptors (Lipinski definition) is 4. The minimum absolute atomic E-state index is 0.536. The first-order chi connectivity index (χ1) is 8.49. The van der Waals surface area contributed by atoms with E-state index in [0.29, 0.717) is 5.46 Å². The highest BCUT2D eigenvalue weighted by Gasteiger charge is 2.10. The third-order valence-corrected chi connectivity index (χ3v) is 2.88. The van der Waals surface area contributed by atoms with Crippen molar-refractivity contribution < 1.29 is 10.0 Å². The van der Waals surface area contributed by atoms with E-state index in [1.807, 2.05) is 12.1 Å². The molecule has 0 heterocycles. The molecule has 1 rings (SSSR count). The Morgan fingerprint density at radius 1 is 1.00 bits per heavy atom. The zero-order valence-electron chi connectivity index (χ0n) is 11.5. The van der Waals surface area contributed by atoms with Crippen LogP contribution in [0, 0.1) is 0 Å². The van der Waals surface area contributed by atoms with Gasteiger partial charge in [0.05, 0.1) is 0 Å². The predicted molar refractivity (Wildman–Crippen MR) is 75.8 cm³/mol. The van der Waals surface area contributed by atoms with Gasteiger partial charge in [0.15, 0.2) is 0 Å². The quantitative estimate of drug-likeness (QED) is 0.655. The molecule has 0 aliphatic carbocycles. The monoisotopic (exact) mass is 250 g/mol. The molecule has 0 bridgehead atoms. The summed E-state index contributed by atoms with van der Waals surface area (Å²) in [6.07, 6.45) is 1.15. The van der Waals surface area contributed by atoms with Crippen molar-refractivity contribution in [1.82, 2.24) is 9.80 Å². The number of rotatable bonds is 7. The smallest absolute Gasteiger partial charge is 0.423 e. The molecule has 0 unspecified atom stereocenters. The summed E-state index contributed by atoms with van der Waals surface area (Å²) in [6.45, 7) is 3.04. The molecule has 0 radical (unpaired) electrons. The summed E-state index contributed by atoms with van der Waals surface area (Å²) in [5.74, 6) is 0. The zero-order chi connectivity index (χ0) is 13.5. The van der Waals surface area contributed by atoms with E-state index >= 15 is 0 Å². The first kappa shape index (κ1) is 15.2. The summed E-state index contributed by atoms with van der Waals surface area (Å²) in [4.78, 5) is 4.46. The van der Waals surface area contributed by atoms with Crippen molar-refractivity contribution in [2.45, 2.75) is 13.0 Å². The van der Waals surface area contributed by atoms with Gasteiger partial charge in [0.2, 0.25) is 0 Å². The summed E-state index contributed by atoms with van der Waals surface area (Å²) in [7, 11) is 4.89. The first-order valence-electron chi connectivity index (χ1n) is 6.27. The van der Waals surface area contributed by atoms with Crippen LogP contribution in [0.15, 0.2) is 24.3 Å². The first-order valence-corrected chi connectivity index (χ1v) is 6.27. The largest absolute Gasteiger partial charge is 0.488 e. The second-order valence-electron chi connectivity index (χ2n) is 5.01. The molecule has 0 fully saturated rings. The van der Waals surface area contributed by atoms with Crippen molar-refractivity contribution in [3.63, 3.8) is 0 Å². The van der Waals surface area contributed by atoms with E-state index in [4.69, 9.17) is 10.0 Å². The summed E-state index contributed by atoms with van der Waals surface area (Å²) in [6, 6.07) is 7.40. The molecule has 0 saturated carbocycles. The van der Waals surface area contributed by atoms with Crippen LogP contribution < -0.4 is 5.46 Å². The molecule has 0 spiro atoms. The van der Waals surface area contributed by atoms with E-state index in [1.165, 1.54) is 5.56 Å². The Balaban J connectivity index is 2.37. The van der Waals surface area contributed by atoms with Crippen LogP contribution in [0.1, 0.15) is 12.0 Å². The standard InChI is InChI=1S/C13H23BN2O2/c1-15(2)9-4-10-16(3)11-12-5-7-13(8-6-12)14(17)18/h5-8,17-18H,4,9-11H2,1-3H3. The van der Waals surface area contributed by atoms with Gasteiger partial charge in [0.25, 0.3) is 0 Å². The highest BCUT2D eigenvalue weighted by atomic mass is 16.4. The van der Waals surface area contributed by atoms with Gasteiger partial charge in [-0.3, -0.25) is 0 Å². The van der Waals surface area contributed by atoms with Crippen LogP contribution in [-0.4, -0.2) is 61.2 Å². The number of nitrogens with zero attached hydrogens (tertiary/aromatic N) is 2. The lowest BCUT2D eigenvalue weighted by Crippen LogP contribution is -2.29. The molecule has 2 N–H and O–H groups in total. The molecule has 0 aliphatic rings. The molecule has 4 nitrogen and oxygen atoms in total. The minimum Gasteiger partial charge on any atom is -0.423 e. The third-order valence-electron chi connectivity index (χ3n) is 2.88. The van der Waals surface area contributed by atoms with E-state index in [1.54, 1.807) is 12.1 Å². The van der Waals surface area contributed by atoms with Gasteiger partial charge in [-0.05, 0) is 51.7 Å². The molecule has 1 aromatic rings. The topological polar surface area (TPSA) is 46.9 Å². The fourth-order valence-electron chi connectivity index (χ4n) is 1.84. The van der Waals surface area contributed by atoms with Crippen molar-refractivity contribution in [2.75, 3.05) is 34.2 Å². The third kappa shape index (κ3) is 5.64. The molecule has 0 amide bonds. The molecular formula is C13H23BN2O2. The average molecular weight is 250 g/mol. The molecule has 18 heavy (non-hydrogen) atoms. The lowest BCUT2D eigenvalue weighted by molar-refractivity contribution is 0.294. The van der Waals surface area contributed by atoms with Crippen molar-refractivity contribution in [1.29, 1.82) is 0 Å². The second-order valence-corrected chi connectivity index (χ2v) is 5.01. The molecule has 0 atom stereocenters. The summed E-state index contributed by atoms with van der Waals surface area (Å²) >= 11 is 0. The van der Waals surface area contributed by atoms with Crippen molar-refractivity contribution in [3.8, 4) is 0 Å². The van der Waals surface area contributed by atoms with Crippen molar-refractivity contribution >= 4 is 12.6 Å². The Morgan fingerprint density at radius 2 is 1.61 bits per heavy atom. The van der Waals surface area contributed by atoms with E-state index < -0.39 is 7.12 Å². The zero-order valence-corrected chi connectivity index (χ0v) is 11.5. The minimum atomic E-state index is -1.38. The molecular weight excluding hydrogens is 227 g/mol. The van der Waals surface area contributed by atoms with Crippen LogP contribution >= 0.6 is 0 Å². The fourth-order valence-corrected chi connectivity index (χ4v) is 1.84. The highest BCUT2D eigenvalue weighted by molar-refractivity contribution is 6.58. The Hall–Kier alpha value is -0.875. The lowest BCUT2D eigenvalue weighted by Gasteiger charge is -2.18. The maximum Gasteiger partial charge on any atom is 0.488 e. The van der Waals surface area contributed by atoms with E-state index in [2.05, 4.69) is 30.9 Å². The number of hydrogen-bond donors (Lipinski definition) is 2. The van der Waals surface area contributed by atoms with Crippen LogP contribution in [0.25, 0.3) is 0 Å². The maximum atomic E-state index is 9.01. The van der Waals surface area contributed by atoms with Gasteiger partial charge in [0, 0.05) is 6.54 Å². The van der Waals surface area contributed by atoms with E-state index in [-0.39, 0.29) is 0 Å². The molecule has 5 heteroatoms. The van der Waals surface area contributed by atoms with Gasteiger partial charge < -0.3 is 19.8 Å². The van der Waals surface area contributed by atoms with Gasteiger partial charge >= 0.3 is 7.12 Å². The normalized spacial score (nSPS) is 11.3. The summed E-state index contributed by atoms with van der Waals surface area (Å²) in [5, 5.41) is 18.0. The Kier molecular flexibility index (Phi) is 6.36. The van der Waals surface area contributed by atoms with Crippen LogP contribution in [0.4, 0.5) is 0 Å². The predicted octanol–water partition coefficient (Wildman–Crippen LogP) is -0.250. The van der Waals surface area contributed by atoms with Crippen molar-refractivity contribution in [2.24, 2.45) is 0 Å².